The number of esters is 2. The normalized spacial score (nSPS) is 13.3. The first kappa shape index (κ1) is 76.5. The zero-order chi connectivity index (χ0) is 58.3. The molecule has 0 heterocycles. The fourth-order valence-corrected chi connectivity index (χ4v) is 9.34. The van der Waals surface area contributed by atoms with Crippen LogP contribution in [0.4, 0.5) is 0 Å². The predicted octanol–water partition coefficient (Wildman–Crippen LogP) is 19.0. The van der Waals surface area contributed by atoms with Crippen molar-refractivity contribution in [3.05, 3.63) is 85.1 Å². The molecule has 0 aliphatic rings. The van der Waals surface area contributed by atoms with E-state index >= 15 is 0 Å². The lowest BCUT2D eigenvalue weighted by atomic mass is 10.0. The van der Waals surface area contributed by atoms with Crippen LogP contribution < -0.4 is 5.11 Å². The number of hydrogen-bond donors (Lipinski definition) is 0. The smallest absolute Gasteiger partial charge is 0.306 e. The van der Waals surface area contributed by atoms with E-state index < -0.39 is 24.3 Å². The number of carbonyl (C=O) groups is 3. The van der Waals surface area contributed by atoms with Crippen molar-refractivity contribution in [2.75, 3.05) is 47.5 Å². The quantitative estimate of drug-likeness (QED) is 0.0195. The number of rotatable bonds is 61. The summed E-state index contributed by atoms with van der Waals surface area (Å²) < 4.78 is 22.8. The van der Waals surface area contributed by atoms with Gasteiger partial charge >= 0.3 is 11.9 Å². The molecule has 9 nitrogen and oxygen atoms in total. The van der Waals surface area contributed by atoms with Crippen LogP contribution in [0, 0.1) is 0 Å². The fourth-order valence-electron chi connectivity index (χ4n) is 9.34. The summed E-state index contributed by atoms with van der Waals surface area (Å²) in [5.41, 5.74) is 0. The molecule has 0 amide bonds. The van der Waals surface area contributed by atoms with Crippen LogP contribution in [0.15, 0.2) is 85.1 Å². The second kappa shape index (κ2) is 61.5. The highest BCUT2D eigenvalue weighted by Crippen LogP contribution is 2.17. The number of hydrogen-bond acceptors (Lipinski definition) is 8. The number of carboxylic acid groups (broad SMARTS) is 1. The van der Waals surface area contributed by atoms with E-state index in [2.05, 4.69) is 98.9 Å². The number of unbranched alkanes of at least 4 members (excludes halogenated alkanes) is 32. The average Bonchev–Trinajstić information content (AvgIpc) is 3.43. The van der Waals surface area contributed by atoms with E-state index in [0.29, 0.717) is 23.9 Å². The zero-order valence-electron chi connectivity index (χ0n) is 52.7. The lowest BCUT2D eigenvalue weighted by Gasteiger charge is -2.26. The third-order valence-electron chi connectivity index (χ3n) is 14.4. The molecule has 80 heavy (non-hydrogen) atoms. The van der Waals surface area contributed by atoms with E-state index in [1.807, 2.05) is 21.1 Å². The van der Waals surface area contributed by atoms with E-state index in [1.54, 1.807) is 0 Å². The van der Waals surface area contributed by atoms with Gasteiger partial charge in [0.25, 0.3) is 0 Å². The molecule has 0 radical (unpaired) electrons. The Labute approximate surface area is 493 Å². The van der Waals surface area contributed by atoms with E-state index in [4.69, 9.17) is 18.9 Å². The van der Waals surface area contributed by atoms with Crippen molar-refractivity contribution < 1.29 is 42.9 Å². The van der Waals surface area contributed by atoms with Crippen LogP contribution in [0.25, 0.3) is 0 Å². The van der Waals surface area contributed by atoms with Gasteiger partial charge < -0.3 is 33.3 Å². The molecule has 2 unspecified atom stereocenters. The molecule has 2 atom stereocenters. The SMILES string of the molecule is CC/C=C\C/C=C\C/C=C\C/C=C\C/C=C\C/C=C\C/C=C\CCCCCCCCCCCCCCCCCC(=O)OC(COC(=O)CCCCCCCCCCCCCCCCCCCC)COC(OCC[N+](C)(C)C)C(=O)[O-]. The maximum Gasteiger partial charge on any atom is 0.306 e. The van der Waals surface area contributed by atoms with E-state index in [0.717, 1.165) is 83.5 Å². The minimum Gasteiger partial charge on any atom is -0.545 e. The number of carboxylic acids is 1. The molecule has 0 aromatic carbocycles. The Morgan fingerprint density at radius 3 is 1.06 bits per heavy atom. The highest BCUT2D eigenvalue weighted by atomic mass is 16.7. The molecule has 0 saturated carbocycles. The van der Waals surface area contributed by atoms with Crippen molar-refractivity contribution in [3.8, 4) is 0 Å². The number of carbonyl (C=O) groups excluding carboxylic acids is 3. The highest BCUT2D eigenvalue weighted by Gasteiger charge is 2.22. The Bertz CT molecular complexity index is 1590. The number of ether oxygens (including phenoxy) is 4. The Morgan fingerprint density at radius 2 is 0.713 bits per heavy atom. The molecule has 0 aliphatic heterocycles. The summed E-state index contributed by atoms with van der Waals surface area (Å²) in [6.07, 6.45) is 79.4. The second-order valence-corrected chi connectivity index (χ2v) is 23.4. The number of quaternary nitrogens is 1. The number of allylic oxidation sites excluding steroid dienone is 14. The van der Waals surface area contributed by atoms with Gasteiger partial charge in [0.2, 0.25) is 0 Å². The summed E-state index contributed by atoms with van der Waals surface area (Å²) in [4.78, 5) is 37.4. The van der Waals surface area contributed by atoms with Crippen molar-refractivity contribution >= 4 is 17.9 Å². The summed E-state index contributed by atoms with van der Waals surface area (Å²) in [7, 11) is 5.93. The van der Waals surface area contributed by atoms with E-state index in [9.17, 15) is 19.5 Å². The first-order chi connectivity index (χ1) is 39.1. The third-order valence-corrected chi connectivity index (χ3v) is 14.4. The lowest BCUT2D eigenvalue weighted by molar-refractivity contribution is -0.870. The second-order valence-electron chi connectivity index (χ2n) is 23.4. The lowest BCUT2D eigenvalue weighted by Crippen LogP contribution is -2.44. The Hall–Kier alpha value is -3.53. The largest absolute Gasteiger partial charge is 0.545 e. The van der Waals surface area contributed by atoms with Gasteiger partial charge in [-0.1, -0.05) is 292 Å². The molecule has 462 valence electrons. The van der Waals surface area contributed by atoms with Crippen molar-refractivity contribution in [3.63, 3.8) is 0 Å². The first-order valence-electron chi connectivity index (χ1n) is 33.2. The molecule has 0 fully saturated rings. The minimum atomic E-state index is -1.62. The first-order valence-corrected chi connectivity index (χ1v) is 33.2. The topological polar surface area (TPSA) is 111 Å². The van der Waals surface area contributed by atoms with Crippen LogP contribution in [0.2, 0.25) is 0 Å². The van der Waals surface area contributed by atoms with Gasteiger partial charge in [-0.2, -0.15) is 0 Å². The van der Waals surface area contributed by atoms with Gasteiger partial charge in [0, 0.05) is 12.8 Å². The fraction of sp³-hybridized carbons (Fsp3) is 0.761. The maximum absolute atomic E-state index is 12.9. The summed E-state index contributed by atoms with van der Waals surface area (Å²) >= 11 is 0. The summed E-state index contributed by atoms with van der Waals surface area (Å²) in [5, 5.41) is 11.8. The van der Waals surface area contributed by atoms with Gasteiger partial charge in [0.15, 0.2) is 12.4 Å². The third kappa shape index (κ3) is 62.1. The van der Waals surface area contributed by atoms with Crippen LogP contribution in [-0.4, -0.2) is 82.3 Å². The standard InChI is InChI=1S/C71H125NO8/c1-6-8-10-12-14-16-18-20-22-24-26-27-28-29-30-31-32-33-34-35-36-37-38-39-40-41-42-43-44-46-48-50-52-54-56-58-60-62-69(74)80-67(66-79-71(70(75)76)77-64-63-72(3,4)5)65-78-68(73)61-59-57-55-53-51-49-47-45-25-23-21-19-17-15-13-11-9-7-2/h8,10,14,16,20,22,26-27,29-30,32-33,35-36,67,71H,6-7,9,11-13,15,17-19,21,23-25,28,31,34,37-66H2,1-5H3/b10-8-,16-14-,22-20-,27-26-,30-29-,33-32-,36-35-. The Balaban J connectivity index is 4.08. The monoisotopic (exact) mass is 1120 g/mol. The molecule has 0 N–H and O–H groups in total. The predicted molar refractivity (Wildman–Crippen MR) is 338 cm³/mol. The van der Waals surface area contributed by atoms with Gasteiger partial charge in [0.1, 0.15) is 13.2 Å². The summed E-state index contributed by atoms with van der Waals surface area (Å²) in [6, 6.07) is 0. The van der Waals surface area contributed by atoms with Crippen molar-refractivity contribution in [1.29, 1.82) is 0 Å². The highest BCUT2D eigenvalue weighted by molar-refractivity contribution is 5.70. The van der Waals surface area contributed by atoms with Gasteiger partial charge in [-0.3, -0.25) is 9.59 Å². The van der Waals surface area contributed by atoms with Gasteiger partial charge in [-0.25, -0.2) is 0 Å². The van der Waals surface area contributed by atoms with Crippen LogP contribution in [0.1, 0.15) is 290 Å². The van der Waals surface area contributed by atoms with Crippen LogP contribution in [0.5, 0.6) is 0 Å². The molecular formula is C71H125NO8. The minimum absolute atomic E-state index is 0.147. The molecule has 0 rings (SSSR count). The van der Waals surface area contributed by atoms with Crippen molar-refractivity contribution in [1.82, 2.24) is 0 Å². The average molecular weight is 1120 g/mol. The number of aliphatic carboxylic acids is 1. The molecule has 0 spiro atoms. The Morgan fingerprint density at radius 1 is 0.388 bits per heavy atom. The number of nitrogens with zero attached hydrogens (tertiary/aromatic N) is 1. The van der Waals surface area contributed by atoms with Crippen molar-refractivity contribution in [2.24, 2.45) is 0 Å². The van der Waals surface area contributed by atoms with Gasteiger partial charge in [-0.15, -0.1) is 0 Å². The molecule has 0 bridgehead atoms. The molecule has 9 heteroatoms. The maximum atomic E-state index is 12.9. The molecular weight excluding hydrogens is 995 g/mol. The summed E-state index contributed by atoms with van der Waals surface area (Å²) in [5.74, 6) is -2.27. The van der Waals surface area contributed by atoms with Gasteiger partial charge in [0.05, 0.1) is 40.3 Å². The molecule has 0 aromatic heterocycles. The van der Waals surface area contributed by atoms with E-state index in [1.165, 1.54) is 173 Å². The van der Waals surface area contributed by atoms with Gasteiger partial charge in [-0.05, 0) is 70.6 Å². The Kier molecular flexibility index (Phi) is 58.8. The van der Waals surface area contributed by atoms with E-state index in [-0.39, 0.29) is 32.2 Å². The zero-order valence-corrected chi connectivity index (χ0v) is 52.7. The molecule has 0 aromatic rings. The summed E-state index contributed by atoms with van der Waals surface area (Å²) in [6.45, 7) is 4.67. The molecule has 0 saturated heterocycles. The van der Waals surface area contributed by atoms with Crippen LogP contribution in [0.3, 0.4) is 0 Å². The molecule has 0 aliphatic carbocycles. The van der Waals surface area contributed by atoms with Crippen molar-refractivity contribution in [2.45, 2.75) is 302 Å². The van der Waals surface area contributed by atoms with Crippen LogP contribution in [-0.2, 0) is 33.3 Å². The van der Waals surface area contributed by atoms with Crippen LogP contribution >= 0.6 is 0 Å². The number of likely N-dealkylation sites (N-methyl/N-ethyl adjacent to an activating group) is 1.